The number of aliphatic carboxylic acids is 1. The van der Waals surface area contributed by atoms with Crippen LogP contribution in [0.2, 0.25) is 0 Å². The number of carboxylic acids is 1. The van der Waals surface area contributed by atoms with E-state index in [1.165, 1.54) is 24.3 Å². The average molecular weight is 294 g/mol. The molecule has 2 amide bonds. The Morgan fingerprint density at radius 2 is 2.10 bits per heavy atom. The number of hydrogen-bond donors (Lipinski definition) is 3. The van der Waals surface area contributed by atoms with E-state index in [1.54, 1.807) is 11.8 Å². The zero-order valence-electron chi connectivity index (χ0n) is 11.5. The SMILES string of the molecule is CC(C)(NC(=O)NCC1Cc2ccccc2S1)C(=O)O. The lowest BCUT2D eigenvalue weighted by Crippen LogP contribution is -2.53. The Morgan fingerprint density at radius 3 is 2.75 bits per heavy atom. The third kappa shape index (κ3) is 3.45. The molecule has 0 spiro atoms. The van der Waals surface area contributed by atoms with Crippen LogP contribution in [0, 0.1) is 0 Å². The van der Waals surface area contributed by atoms with Crippen molar-refractivity contribution in [2.75, 3.05) is 6.54 Å². The summed E-state index contributed by atoms with van der Waals surface area (Å²) in [4.78, 5) is 23.9. The van der Waals surface area contributed by atoms with Gasteiger partial charge in [0.2, 0.25) is 0 Å². The quantitative estimate of drug-likeness (QED) is 0.792. The van der Waals surface area contributed by atoms with Gasteiger partial charge in [-0.3, -0.25) is 0 Å². The number of urea groups is 1. The smallest absolute Gasteiger partial charge is 0.328 e. The van der Waals surface area contributed by atoms with Crippen LogP contribution in [0.15, 0.2) is 29.2 Å². The number of carboxylic acid groups (broad SMARTS) is 1. The van der Waals surface area contributed by atoms with Gasteiger partial charge in [-0.05, 0) is 31.9 Å². The monoisotopic (exact) mass is 294 g/mol. The third-order valence-corrected chi connectivity index (χ3v) is 4.48. The molecular weight excluding hydrogens is 276 g/mol. The molecule has 108 valence electrons. The number of rotatable bonds is 4. The van der Waals surface area contributed by atoms with E-state index in [9.17, 15) is 9.59 Å². The van der Waals surface area contributed by atoms with Crippen LogP contribution in [0.4, 0.5) is 4.79 Å². The van der Waals surface area contributed by atoms with E-state index < -0.39 is 17.5 Å². The van der Waals surface area contributed by atoms with Gasteiger partial charge in [0.15, 0.2) is 0 Å². The second-order valence-corrected chi connectivity index (χ2v) is 6.66. The van der Waals surface area contributed by atoms with Gasteiger partial charge in [0, 0.05) is 16.7 Å². The maximum atomic E-state index is 11.7. The summed E-state index contributed by atoms with van der Waals surface area (Å²) in [6.07, 6.45) is 0.920. The van der Waals surface area contributed by atoms with Gasteiger partial charge < -0.3 is 15.7 Å². The first-order valence-corrected chi connectivity index (χ1v) is 7.30. The summed E-state index contributed by atoms with van der Waals surface area (Å²) in [5, 5.41) is 14.4. The molecule has 0 saturated heterocycles. The summed E-state index contributed by atoms with van der Waals surface area (Å²) >= 11 is 1.74. The highest BCUT2D eigenvalue weighted by atomic mass is 32.2. The minimum atomic E-state index is -1.27. The Balaban J connectivity index is 1.80. The highest BCUT2D eigenvalue weighted by Crippen LogP contribution is 2.36. The van der Waals surface area contributed by atoms with E-state index in [4.69, 9.17) is 5.11 Å². The molecule has 2 rings (SSSR count). The van der Waals surface area contributed by atoms with E-state index in [-0.39, 0.29) is 0 Å². The van der Waals surface area contributed by atoms with Gasteiger partial charge >= 0.3 is 12.0 Å². The number of hydrogen-bond acceptors (Lipinski definition) is 3. The predicted octanol–water partition coefficient (Wildman–Crippen LogP) is 1.87. The van der Waals surface area contributed by atoms with Crippen molar-refractivity contribution in [1.29, 1.82) is 0 Å². The number of fused-ring (bicyclic) bond motifs is 1. The summed E-state index contributed by atoms with van der Waals surface area (Å²) in [6, 6.07) is 7.74. The van der Waals surface area contributed by atoms with Gasteiger partial charge in [-0.1, -0.05) is 18.2 Å². The van der Waals surface area contributed by atoms with E-state index in [0.29, 0.717) is 11.8 Å². The fourth-order valence-electron chi connectivity index (χ4n) is 1.96. The first-order valence-electron chi connectivity index (χ1n) is 6.42. The van der Waals surface area contributed by atoms with Crippen LogP contribution >= 0.6 is 11.8 Å². The van der Waals surface area contributed by atoms with E-state index >= 15 is 0 Å². The number of amides is 2. The zero-order valence-corrected chi connectivity index (χ0v) is 12.3. The van der Waals surface area contributed by atoms with Gasteiger partial charge in [-0.15, -0.1) is 11.8 Å². The van der Waals surface area contributed by atoms with Gasteiger partial charge in [0.25, 0.3) is 0 Å². The lowest BCUT2D eigenvalue weighted by Gasteiger charge is -2.21. The van der Waals surface area contributed by atoms with Crippen LogP contribution in [-0.2, 0) is 11.2 Å². The Labute approximate surface area is 122 Å². The normalized spacial score (nSPS) is 17.4. The van der Waals surface area contributed by atoms with Gasteiger partial charge in [-0.25, -0.2) is 9.59 Å². The molecule has 1 atom stereocenters. The number of carbonyl (C=O) groups excluding carboxylic acids is 1. The van der Waals surface area contributed by atoms with Crippen LogP contribution in [0.1, 0.15) is 19.4 Å². The summed E-state index contributed by atoms with van der Waals surface area (Å²) in [7, 11) is 0. The van der Waals surface area contributed by atoms with Gasteiger partial charge in [0.05, 0.1) is 0 Å². The molecule has 1 aromatic carbocycles. The van der Waals surface area contributed by atoms with Gasteiger partial charge in [0.1, 0.15) is 5.54 Å². The molecular formula is C14H18N2O3S. The minimum Gasteiger partial charge on any atom is -0.480 e. The molecule has 1 aliphatic heterocycles. The highest BCUT2D eigenvalue weighted by Gasteiger charge is 2.29. The predicted molar refractivity (Wildman–Crippen MR) is 78.0 cm³/mol. The lowest BCUT2D eigenvalue weighted by atomic mass is 10.1. The van der Waals surface area contributed by atoms with Crippen molar-refractivity contribution in [1.82, 2.24) is 10.6 Å². The topological polar surface area (TPSA) is 78.4 Å². The second-order valence-electron chi connectivity index (χ2n) is 5.32. The molecule has 0 saturated carbocycles. The molecule has 1 unspecified atom stereocenters. The maximum Gasteiger partial charge on any atom is 0.328 e. The molecule has 3 N–H and O–H groups in total. The summed E-state index contributed by atoms with van der Waals surface area (Å²) < 4.78 is 0. The second kappa shape index (κ2) is 5.75. The summed E-state index contributed by atoms with van der Waals surface area (Å²) in [5.74, 6) is -1.06. The Bertz CT molecular complexity index is 506. The van der Waals surface area contributed by atoms with Gasteiger partial charge in [-0.2, -0.15) is 0 Å². The summed E-state index contributed by atoms with van der Waals surface area (Å²) in [6.45, 7) is 3.42. The molecule has 1 aliphatic rings. The molecule has 0 aliphatic carbocycles. The first-order chi connectivity index (χ1) is 9.38. The highest BCUT2D eigenvalue weighted by molar-refractivity contribution is 8.00. The zero-order chi connectivity index (χ0) is 14.8. The number of carbonyl (C=O) groups is 2. The standard InChI is InChI=1S/C14H18N2O3S/c1-14(2,12(17)18)16-13(19)15-8-10-7-9-5-3-4-6-11(9)20-10/h3-6,10H,7-8H2,1-2H3,(H,17,18)(H2,15,16,19). The Kier molecular flexibility index (Phi) is 4.23. The molecule has 1 heterocycles. The Hall–Kier alpha value is -1.69. The largest absolute Gasteiger partial charge is 0.480 e. The Morgan fingerprint density at radius 1 is 1.40 bits per heavy atom. The van der Waals surface area contributed by atoms with Crippen LogP contribution in [0.25, 0.3) is 0 Å². The van der Waals surface area contributed by atoms with Crippen LogP contribution < -0.4 is 10.6 Å². The molecule has 20 heavy (non-hydrogen) atoms. The number of benzene rings is 1. The molecule has 6 heteroatoms. The number of nitrogens with one attached hydrogen (secondary N) is 2. The summed E-state index contributed by atoms with van der Waals surface area (Å²) in [5.41, 5.74) is 0.0335. The van der Waals surface area contributed by atoms with E-state index in [0.717, 1.165) is 6.42 Å². The van der Waals surface area contributed by atoms with Crippen molar-refractivity contribution in [2.45, 2.75) is 36.0 Å². The number of thioether (sulfide) groups is 1. The van der Waals surface area contributed by atoms with Crippen molar-refractivity contribution >= 4 is 23.8 Å². The maximum absolute atomic E-state index is 11.7. The van der Waals surface area contributed by atoms with E-state index in [1.807, 2.05) is 12.1 Å². The van der Waals surface area contributed by atoms with Crippen LogP contribution in [0.3, 0.4) is 0 Å². The average Bonchev–Trinajstić information content (AvgIpc) is 2.78. The van der Waals surface area contributed by atoms with Crippen molar-refractivity contribution in [3.63, 3.8) is 0 Å². The molecule has 0 aromatic heterocycles. The minimum absolute atomic E-state index is 0.297. The molecule has 0 radical (unpaired) electrons. The van der Waals surface area contributed by atoms with Crippen LogP contribution in [-0.4, -0.2) is 34.4 Å². The fourth-order valence-corrected chi connectivity index (χ4v) is 3.20. The van der Waals surface area contributed by atoms with Crippen molar-refractivity contribution in [3.8, 4) is 0 Å². The third-order valence-electron chi connectivity index (χ3n) is 3.16. The van der Waals surface area contributed by atoms with Crippen molar-refractivity contribution in [3.05, 3.63) is 29.8 Å². The van der Waals surface area contributed by atoms with Crippen LogP contribution in [0.5, 0.6) is 0 Å². The molecule has 0 fully saturated rings. The van der Waals surface area contributed by atoms with E-state index in [2.05, 4.69) is 22.8 Å². The fraction of sp³-hybridized carbons (Fsp3) is 0.429. The van der Waals surface area contributed by atoms with Crippen molar-refractivity contribution < 1.29 is 14.7 Å². The van der Waals surface area contributed by atoms with Crippen molar-refractivity contribution in [2.24, 2.45) is 0 Å². The molecule has 1 aromatic rings. The first kappa shape index (κ1) is 14.7. The lowest BCUT2D eigenvalue weighted by molar-refractivity contribution is -0.142. The molecule has 0 bridgehead atoms. The molecule has 5 nitrogen and oxygen atoms in total.